The molecule has 274 valence electrons. The summed E-state index contributed by atoms with van der Waals surface area (Å²) in [4.78, 5) is 70.9. The van der Waals surface area contributed by atoms with E-state index in [9.17, 15) is 32.4 Å². The predicted molar refractivity (Wildman–Crippen MR) is 181 cm³/mol. The van der Waals surface area contributed by atoms with Crippen LogP contribution in [0.2, 0.25) is 0 Å². The number of hydrogen-bond acceptors (Lipinski definition) is 9. The van der Waals surface area contributed by atoms with Crippen LogP contribution in [-0.4, -0.2) is 102 Å². The Morgan fingerprint density at radius 2 is 1.72 bits per heavy atom. The molecule has 50 heavy (non-hydrogen) atoms. The van der Waals surface area contributed by atoms with Crippen molar-refractivity contribution in [3.63, 3.8) is 0 Å². The molecule has 0 aromatic heterocycles. The number of rotatable bonds is 5. The number of allylic oxidation sites excluding steroid dienone is 1. The number of fused-ring (bicyclic) bond motifs is 3. The highest BCUT2D eigenvalue weighted by atomic mass is 32.2. The minimum absolute atomic E-state index is 0.0720. The molecule has 1 aromatic rings. The van der Waals surface area contributed by atoms with Crippen molar-refractivity contribution in [3.05, 3.63) is 47.5 Å². The Kier molecular flexibility index (Phi) is 10.8. The van der Waals surface area contributed by atoms with Gasteiger partial charge >= 0.3 is 22.4 Å². The summed E-state index contributed by atoms with van der Waals surface area (Å²) in [5.74, 6) is -2.64. The zero-order valence-electron chi connectivity index (χ0n) is 29.3. The van der Waals surface area contributed by atoms with Gasteiger partial charge in [-0.3, -0.25) is 19.3 Å². The average molecular weight is 717 g/mol. The van der Waals surface area contributed by atoms with Crippen molar-refractivity contribution in [2.45, 2.75) is 108 Å². The van der Waals surface area contributed by atoms with E-state index in [1.807, 2.05) is 36.4 Å². The molecule has 16 heteroatoms. The van der Waals surface area contributed by atoms with Crippen LogP contribution in [0.3, 0.4) is 0 Å². The van der Waals surface area contributed by atoms with E-state index in [0.717, 1.165) is 28.3 Å². The third-order valence-electron chi connectivity index (χ3n) is 9.40. The number of ether oxygens (including phenoxy) is 2. The van der Waals surface area contributed by atoms with Gasteiger partial charge in [-0.2, -0.15) is 12.7 Å². The fraction of sp³-hybridized carbons (Fsp3) is 0.618. The van der Waals surface area contributed by atoms with E-state index in [1.54, 1.807) is 25.7 Å². The zero-order valence-corrected chi connectivity index (χ0v) is 30.1. The molecular formula is C34H48N6O9S. The summed E-state index contributed by atoms with van der Waals surface area (Å²) < 4.78 is 39.4. The van der Waals surface area contributed by atoms with Crippen LogP contribution >= 0.6 is 0 Å². The first-order valence-electron chi connectivity index (χ1n) is 17.0. The summed E-state index contributed by atoms with van der Waals surface area (Å²) >= 11 is 0. The smallest absolute Gasteiger partial charge is 0.410 e. The molecule has 1 saturated carbocycles. The number of benzene rings is 1. The van der Waals surface area contributed by atoms with Crippen LogP contribution in [0, 0.1) is 5.92 Å². The Labute approximate surface area is 293 Å². The van der Waals surface area contributed by atoms with Gasteiger partial charge in [0, 0.05) is 39.5 Å². The van der Waals surface area contributed by atoms with Gasteiger partial charge in [-0.15, -0.1) is 0 Å². The Balaban J connectivity index is 1.41. The van der Waals surface area contributed by atoms with Crippen molar-refractivity contribution in [3.8, 4) is 0 Å². The molecule has 0 unspecified atom stereocenters. The highest BCUT2D eigenvalue weighted by Crippen LogP contribution is 2.45. The van der Waals surface area contributed by atoms with Gasteiger partial charge in [0.05, 0.1) is 6.54 Å². The van der Waals surface area contributed by atoms with Gasteiger partial charge in [0.1, 0.15) is 29.3 Å². The maximum absolute atomic E-state index is 14.3. The first-order chi connectivity index (χ1) is 23.5. The van der Waals surface area contributed by atoms with Gasteiger partial charge in [0.2, 0.25) is 11.8 Å². The first-order valence-corrected chi connectivity index (χ1v) is 18.5. The number of amides is 5. The molecule has 0 spiro atoms. The topological polar surface area (TPSA) is 184 Å². The molecule has 0 radical (unpaired) electrons. The van der Waals surface area contributed by atoms with Crippen LogP contribution in [0.1, 0.15) is 76.8 Å². The molecule has 5 atom stereocenters. The Morgan fingerprint density at radius 1 is 1.04 bits per heavy atom. The van der Waals surface area contributed by atoms with Crippen molar-refractivity contribution in [1.82, 2.24) is 29.5 Å². The Bertz CT molecular complexity index is 1620. The predicted octanol–water partition coefficient (Wildman–Crippen LogP) is 2.32. The number of carbonyl (C=O) groups excluding carboxylic acids is 5. The van der Waals surface area contributed by atoms with Crippen LogP contribution in [-0.2, 0) is 47.2 Å². The molecule has 15 nitrogen and oxygen atoms in total. The van der Waals surface area contributed by atoms with E-state index >= 15 is 0 Å². The first kappa shape index (κ1) is 37.1. The lowest BCUT2D eigenvalue weighted by Gasteiger charge is -2.30. The van der Waals surface area contributed by atoms with Gasteiger partial charge in [0.15, 0.2) is 0 Å². The van der Waals surface area contributed by atoms with Crippen molar-refractivity contribution in [2.75, 3.05) is 20.6 Å². The standard InChI is InChI=1S/C34H48N6O9S/c1-33(2,3)49-31(44)35-26-16-10-8-6-7-9-15-24-18-34(24,30(43)37-50(46,47)38(4)5)36-28(41)27-17-25(21-40(27)29(26)42)48-32(45)39-19-22-13-11-12-14-23(22)20-39/h9,11-15,24-27H,6-8,10,16-21H2,1-5H3,(H,35,44)(H,36,41)(H,37,43)/t24-,25-,26+,27+,34-/m1/s1. The van der Waals surface area contributed by atoms with Gasteiger partial charge in [-0.1, -0.05) is 49.3 Å². The normalized spacial score (nSPS) is 27.2. The van der Waals surface area contributed by atoms with Crippen LogP contribution in [0.15, 0.2) is 36.4 Å². The molecule has 1 saturated heterocycles. The van der Waals surface area contributed by atoms with Crippen molar-refractivity contribution < 1.29 is 41.9 Å². The molecule has 4 aliphatic rings. The molecule has 5 rings (SSSR count). The lowest BCUT2D eigenvalue weighted by molar-refractivity contribution is -0.141. The summed E-state index contributed by atoms with van der Waals surface area (Å²) in [6.07, 6.45) is 4.58. The highest BCUT2D eigenvalue weighted by Gasteiger charge is 2.62. The maximum Gasteiger partial charge on any atom is 0.410 e. The van der Waals surface area contributed by atoms with E-state index in [-0.39, 0.29) is 25.8 Å². The monoisotopic (exact) mass is 716 g/mol. The van der Waals surface area contributed by atoms with Crippen LogP contribution in [0.25, 0.3) is 0 Å². The second-order valence-corrected chi connectivity index (χ2v) is 16.5. The summed E-state index contributed by atoms with van der Waals surface area (Å²) in [7, 11) is -1.62. The second-order valence-electron chi connectivity index (χ2n) is 14.6. The SMILES string of the molecule is CN(C)S(=O)(=O)NC(=O)[C@@]12C[C@H]1C=CCCCCC[C@H](NC(=O)OC(C)(C)C)C(=O)N1C[C@H](OC(=O)N3Cc4ccccc4C3)C[C@H]1C(=O)N2. The minimum Gasteiger partial charge on any atom is -0.444 e. The van der Waals surface area contributed by atoms with Gasteiger partial charge in [-0.25, -0.2) is 14.3 Å². The minimum atomic E-state index is -4.17. The molecular weight excluding hydrogens is 668 g/mol. The lowest BCUT2D eigenvalue weighted by atomic mass is 10.0. The molecule has 0 bridgehead atoms. The zero-order chi connectivity index (χ0) is 36.4. The highest BCUT2D eigenvalue weighted by molar-refractivity contribution is 7.87. The van der Waals surface area contributed by atoms with Gasteiger partial charge in [0.25, 0.3) is 5.91 Å². The molecule has 3 aliphatic heterocycles. The molecule has 5 amide bonds. The third-order valence-corrected chi connectivity index (χ3v) is 10.8. The number of carbonyl (C=O) groups is 5. The van der Waals surface area contributed by atoms with Gasteiger partial charge in [-0.05, 0) is 57.6 Å². The van der Waals surface area contributed by atoms with Crippen LogP contribution < -0.4 is 15.4 Å². The number of alkyl carbamates (subject to hydrolysis) is 1. The summed E-state index contributed by atoms with van der Waals surface area (Å²) in [6, 6.07) is 5.43. The summed E-state index contributed by atoms with van der Waals surface area (Å²) in [5, 5.41) is 5.46. The Hall–Kier alpha value is -4.18. The van der Waals surface area contributed by atoms with Crippen molar-refractivity contribution >= 4 is 40.1 Å². The van der Waals surface area contributed by atoms with Crippen molar-refractivity contribution in [2.24, 2.45) is 5.92 Å². The van der Waals surface area contributed by atoms with Crippen molar-refractivity contribution in [1.29, 1.82) is 0 Å². The average Bonchev–Trinajstić information content (AvgIpc) is 3.33. The molecule has 1 aliphatic carbocycles. The molecule has 3 N–H and O–H groups in total. The van der Waals surface area contributed by atoms with E-state index in [4.69, 9.17) is 9.47 Å². The number of hydrogen-bond donors (Lipinski definition) is 3. The molecule has 3 heterocycles. The van der Waals surface area contributed by atoms with E-state index in [2.05, 4.69) is 15.4 Å². The second kappa shape index (κ2) is 14.6. The summed E-state index contributed by atoms with van der Waals surface area (Å²) in [5.41, 5.74) is -0.390. The largest absolute Gasteiger partial charge is 0.444 e. The fourth-order valence-corrected chi connectivity index (χ4v) is 7.19. The third kappa shape index (κ3) is 8.57. The van der Waals surface area contributed by atoms with E-state index in [1.165, 1.54) is 19.0 Å². The fourth-order valence-electron chi connectivity index (χ4n) is 6.59. The maximum atomic E-state index is 14.3. The molecule has 1 aromatic carbocycles. The Morgan fingerprint density at radius 3 is 2.36 bits per heavy atom. The molecule has 2 fully saturated rings. The van der Waals surface area contributed by atoms with Crippen LogP contribution in [0.4, 0.5) is 9.59 Å². The van der Waals surface area contributed by atoms with Gasteiger partial charge < -0.3 is 25.0 Å². The van der Waals surface area contributed by atoms with Crippen LogP contribution in [0.5, 0.6) is 0 Å². The van der Waals surface area contributed by atoms with E-state index in [0.29, 0.717) is 25.9 Å². The van der Waals surface area contributed by atoms with E-state index < -0.39 is 75.4 Å². The lowest BCUT2D eigenvalue weighted by Crippen LogP contribution is -2.58. The summed E-state index contributed by atoms with van der Waals surface area (Å²) in [6.45, 7) is 5.71. The quantitative estimate of drug-likeness (QED) is 0.385. The number of nitrogens with one attached hydrogen (secondary N) is 3. The number of nitrogens with zero attached hydrogens (tertiary/aromatic N) is 3.